The Kier molecular flexibility index (Phi) is 24.3. The van der Waals surface area contributed by atoms with E-state index in [2.05, 4.69) is 70.4 Å². The Morgan fingerprint density at radius 2 is 1.24 bits per heavy atom. The Bertz CT molecular complexity index is 2570. The van der Waals surface area contributed by atoms with Crippen LogP contribution in [0.1, 0.15) is 46.5 Å². The van der Waals surface area contributed by atoms with Crippen LogP contribution in [0.15, 0.2) is 135 Å². The van der Waals surface area contributed by atoms with Crippen molar-refractivity contribution in [2.24, 2.45) is 0 Å². The van der Waals surface area contributed by atoms with Crippen molar-refractivity contribution in [1.82, 2.24) is 14.6 Å². The van der Waals surface area contributed by atoms with Gasteiger partial charge in [0.1, 0.15) is 22.5 Å². The minimum Gasteiger partial charge on any atom is -0.496 e. The van der Waals surface area contributed by atoms with Gasteiger partial charge in [0.25, 0.3) is 0 Å². The molecule has 9 nitrogen and oxygen atoms in total. The van der Waals surface area contributed by atoms with Crippen LogP contribution in [0.3, 0.4) is 0 Å². The first-order chi connectivity index (χ1) is 29.8. The fourth-order valence-electron chi connectivity index (χ4n) is 6.18. The molecule has 4 aromatic carbocycles. The SMILES string of the molecule is C1CCOC1.CCN(CC)P(Cl)c1ccccc1.COc1ccc(Br)c2oc3cccnc3c12.COc1ccc([P+](=O)c2ccccc2)c2oc3cccnc3c12.Cl.[CH2-]CCC.[Li+]. The zero-order valence-corrected chi connectivity index (χ0v) is 41.7. The molecule has 63 heavy (non-hydrogen) atoms. The van der Waals surface area contributed by atoms with Gasteiger partial charge in [0.15, 0.2) is 27.6 Å². The number of methoxy groups -OCH3 is 2. The third-order valence-electron chi connectivity index (χ3n) is 9.39. The maximum atomic E-state index is 13.0. The van der Waals surface area contributed by atoms with Gasteiger partial charge in [0.2, 0.25) is 5.30 Å². The first kappa shape index (κ1) is 53.8. The molecule has 0 radical (unpaired) electrons. The van der Waals surface area contributed by atoms with Gasteiger partial charge in [-0.25, -0.2) is 0 Å². The van der Waals surface area contributed by atoms with Crippen molar-refractivity contribution in [3.63, 3.8) is 0 Å². The predicted octanol–water partition coefficient (Wildman–Crippen LogP) is 10.6. The van der Waals surface area contributed by atoms with Crippen LogP contribution in [0.25, 0.3) is 44.1 Å². The van der Waals surface area contributed by atoms with Gasteiger partial charge < -0.3 is 30.0 Å². The van der Waals surface area contributed by atoms with Gasteiger partial charge in [0, 0.05) is 44.0 Å². The van der Waals surface area contributed by atoms with E-state index in [1.54, 1.807) is 32.7 Å². The number of ether oxygens (including phenoxy) is 3. The van der Waals surface area contributed by atoms with Gasteiger partial charge in [-0.05, 0) is 89.4 Å². The minimum absolute atomic E-state index is 0. The van der Waals surface area contributed by atoms with Crippen molar-refractivity contribution >= 4 is 115 Å². The van der Waals surface area contributed by atoms with Crippen LogP contribution >= 0.6 is 54.8 Å². The average Bonchev–Trinajstić information content (AvgIpc) is 4.12. The molecule has 0 spiro atoms. The second-order valence-electron chi connectivity index (χ2n) is 13.4. The normalized spacial score (nSPS) is 12.2. The number of aromatic nitrogens is 2. The van der Waals surface area contributed by atoms with Gasteiger partial charge in [-0.15, -0.1) is 12.4 Å². The topological polar surface area (TPSA) is 100 Å². The van der Waals surface area contributed by atoms with E-state index in [1.165, 1.54) is 24.6 Å². The first-order valence-electron chi connectivity index (χ1n) is 20.3. The van der Waals surface area contributed by atoms with Gasteiger partial charge in [-0.3, -0.25) is 14.6 Å². The zero-order valence-electron chi connectivity index (χ0n) is 36.8. The van der Waals surface area contributed by atoms with Crippen molar-refractivity contribution in [2.75, 3.05) is 40.5 Å². The standard InChI is InChI=1S/C18H13NO3P.C12H8BrNO2.C10H15ClNP.C4H8O.C4H9.ClH.Li/c1-21-13-9-10-15(23(20)12-6-3-2-4-7-12)18-16(13)17-14(22-18)8-5-11-19-17;1-15-8-5-4-7(13)12-10(8)11-9(16-12)3-2-6-14-11;1-3-12(4-2)13(11)10-8-6-5-7-9-10;1-2-4-5-3-1;1-3-4-2;;/h2-11H,1H3;2-6H,1H3;5-9H,3-4H2,1-2H3;1-4H2;1,3-4H2,2H3;1H;/q+1;;;;-1;;+1. The van der Waals surface area contributed by atoms with E-state index in [1.807, 2.05) is 91.0 Å². The van der Waals surface area contributed by atoms with Crippen LogP contribution in [0, 0.1) is 6.92 Å². The molecule has 15 heteroatoms. The summed E-state index contributed by atoms with van der Waals surface area (Å²) in [6.07, 6.45) is 8.29. The quantitative estimate of drug-likeness (QED) is 0.0795. The summed E-state index contributed by atoms with van der Waals surface area (Å²) in [5, 5.41) is 4.33. The van der Waals surface area contributed by atoms with Gasteiger partial charge in [0.05, 0.1) is 36.9 Å². The molecule has 328 valence electrons. The van der Waals surface area contributed by atoms with E-state index in [0.717, 1.165) is 81.2 Å². The monoisotopic (exact) mass is 986 g/mol. The molecule has 0 N–H and O–H groups in total. The number of fused-ring (bicyclic) bond motifs is 6. The number of hydrogen-bond donors (Lipinski definition) is 0. The molecule has 1 aliphatic heterocycles. The molecule has 4 aromatic heterocycles. The minimum atomic E-state index is -1.75. The van der Waals surface area contributed by atoms with E-state index < -0.39 is 15.2 Å². The molecule has 0 amide bonds. The van der Waals surface area contributed by atoms with Crippen LogP contribution in [0.2, 0.25) is 0 Å². The van der Waals surface area contributed by atoms with E-state index in [0.29, 0.717) is 22.2 Å². The third-order valence-corrected chi connectivity index (χ3v) is 14.6. The second kappa shape index (κ2) is 28.4. The van der Waals surface area contributed by atoms with Crippen LogP contribution in [0.4, 0.5) is 0 Å². The maximum absolute atomic E-state index is 13.0. The summed E-state index contributed by atoms with van der Waals surface area (Å²) < 4.78 is 43.5. The number of rotatable bonds is 9. The molecule has 8 aromatic rings. The van der Waals surface area contributed by atoms with Crippen LogP contribution in [-0.4, -0.2) is 55.2 Å². The van der Waals surface area contributed by atoms with E-state index in [4.69, 9.17) is 34.3 Å². The summed E-state index contributed by atoms with van der Waals surface area (Å²) >= 11 is 9.82. The predicted molar refractivity (Wildman–Crippen MR) is 266 cm³/mol. The molecule has 0 saturated carbocycles. The first-order valence-corrected chi connectivity index (χ1v) is 24.6. The molecular formula is C48H54BrCl2LiN3O6P2+. The smallest absolute Gasteiger partial charge is 0.496 e. The third kappa shape index (κ3) is 14.2. The van der Waals surface area contributed by atoms with Gasteiger partial charge in [-0.2, -0.15) is 6.42 Å². The molecule has 1 aliphatic rings. The van der Waals surface area contributed by atoms with Crippen molar-refractivity contribution < 1.29 is 46.5 Å². The van der Waals surface area contributed by atoms with E-state index >= 15 is 0 Å². The Labute approximate surface area is 404 Å². The van der Waals surface area contributed by atoms with Crippen molar-refractivity contribution in [1.29, 1.82) is 0 Å². The summed E-state index contributed by atoms with van der Waals surface area (Å²) in [5.41, 5.74) is 4.32. The Hall–Kier alpha value is -3.51. The van der Waals surface area contributed by atoms with Crippen LogP contribution in [-0.2, 0) is 9.30 Å². The summed E-state index contributed by atoms with van der Waals surface area (Å²) in [6, 6.07) is 34.5. The van der Waals surface area contributed by atoms with Crippen molar-refractivity contribution in [3.8, 4) is 11.5 Å². The van der Waals surface area contributed by atoms with Gasteiger partial charge >= 0.3 is 26.7 Å². The Morgan fingerprint density at radius 3 is 1.71 bits per heavy atom. The summed E-state index contributed by atoms with van der Waals surface area (Å²) in [4.78, 5) is 8.71. The molecule has 0 aliphatic carbocycles. The molecule has 1 saturated heterocycles. The van der Waals surface area contributed by atoms with E-state index in [9.17, 15) is 4.57 Å². The number of hydrogen-bond acceptors (Lipinski definition) is 9. The zero-order chi connectivity index (χ0) is 43.6. The van der Waals surface area contributed by atoms with E-state index in [-0.39, 0.29) is 31.3 Å². The molecule has 5 heterocycles. The molecule has 2 unspecified atom stereocenters. The summed E-state index contributed by atoms with van der Waals surface area (Å²) in [5.74, 6) is 1.44. The van der Waals surface area contributed by atoms with Gasteiger partial charge in [-0.1, -0.05) is 91.5 Å². The molecule has 2 atom stereocenters. The van der Waals surface area contributed by atoms with Crippen molar-refractivity contribution in [2.45, 2.75) is 46.5 Å². The number of pyridine rings is 2. The fraction of sp³-hybridized carbons (Fsp3) is 0.271. The number of halogens is 3. The molecule has 9 rings (SSSR count). The maximum Gasteiger partial charge on any atom is 1.00 e. The Balaban J connectivity index is 0.000000232. The second-order valence-corrected chi connectivity index (χ2v) is 18.4. The number of unbranched alkanes of at least 4 members (excludes halogenated alkanes) is 1. The summed E-state index contributed by atoms with van der Waals surface area (Å²) in [7, 11) is 0.862. The Morgan fingerprint density at radius 1 is 0.746 bits per heavy atom. The summed E-state index contributed by atoms with van der Waals surface area (Å²) in [6.45, 7) is 14.0. The molecular weight excluding hydrogens is 934 g/mol. The largest absolute Gasteiger partial charge is 1.00 e. The molecule has 0 bridgehead atoms. The average molecular weight is 989 g/mol. The van der Waals surface area contributed by atoms with Crippen LogP contribution in [0.5, 0.6) is 11.5 Å². The molecule has 1 fully saturated rings. The van der Waals surface area contributed by atoms with Crippen molar-refractivity contribution in [3.05, 3.63) is 133 Å². The fourth-order valence-corrected chi connectivity index (χ4v) is 10.1. The number of benzene rings is 4. The number of nitrogens with zero attached hydrogens (tertiary/aromatic N) is 3. The number of furan rings is 2. The van der Waals surface area contributed by atoms with Crippen LogP contribution < -0.4 is 44.2 Å².